The van der Waals surface area contributed by atoms with E-state index in [9.17, 15) is 0 Å². The summed E-state index contributed by atoms with van der Waals surface area (Å²) in [6.07, 6.45) is 4.14. The van der Waals surface area contributed by atoms with Crippen LogP contribution >= 0.6 is 0 Å². The van der Waals surface area contributed by atoms with Crippen molar-refractivity contribution >= 4 is 0 Å². The van der Waals surface area contributed by atoms with Gasteiger partial charge in [-0.2, -0.15) is 0 Å². The van der Waals surface area contributed by atoms with Crippen molar-refractivity contribution in [3.8, 4) is 0 Å². The molecule has 0 bridgehead atoms. The van der Waals surface area contributed by atoms with E-state index in [4.69, 9.17) is 4.74 Å². The lowest BCUT2D eigenvalue weighted by atomic mass is 10.1. The lowest BCUT2D eigenvalue weighted by Crippen LogP contribution is -2.39. The van der Waals surface area contributed by atoms with Crippen LogP contribution in [0.4, 0.5) is 0 Å². The topological polar surface area (TPSA) is 37.4 Å². The van der Waals surface area contributed by atoms with E-state index >= 15 is 0 Å². The zero-order chi connectivity index (χ0) is 12.6. The van der Waals surface area contributed by atoms with Gasteiger partial charge in [-0.05, 0) is 32.0 Å². The molecule has 4 nitrogen and oxygen atoms in total. The Morgan fingerprint density at radius 3 is 2.94 bits per heavy atom. The van der Waals surface area contributed by atoms with Crippen molar-refractivity contribution in [1.29, 1.82) is 0 Å². The molecule has 100 valence electrons. The third-order valence-corrected chi connectivity index (χ3v) is 3.31. The van der Waals surface area contributed by atoms with Gasteiger partial charge in [-0.15, -0.1) is 0 Å². The molecule has 1 fully saturated rings. The van der Waals surface area contributed by atoms with Gasteiger partial charge in [0.2, 0.25) is 0 Å². The Morgan fingerprint density at radius 2 is 2.22 bits per heavy atom. The Labute approximate surface area is 109 Å². The summed E-state index contributed by atoms with van der Waals surface area (Å²) in [5.41, 5.74) is 1.13. The zero-order valence-corrected chi connectivity index (χ0v) is 11.1. The number of ether oxygens (including phenoxy) is 1. The number of nitrogens with zero attached hydrogens (tertiary/aromatic N) is 2. The molecule has 1 N–H and O–H groups in total. The van der Waals surface area contributed by atoms with Gasteiger partial charge in [-0.3, -0.25) is 9.88 Å². The van der Waals surface area contributed by atoms with Crippen molar-refractivity contribution in [2.75, 3.05) is 33.4 Å². The SMILES string of the molecule is CN(CCNC1CCOCC1)Cc1ccccn1. The molecule has 0 atom stereocenters. The molecular weight excluding hydrogens is 226 g/mol. The van der Waals surface area contributed by atoms with Crippen LogP contribution in [0.15, 0.2) is 24.4 Å². The molecule has 2 rings (SSSR count). The zero-order valence-electron chi connectivity index (χ0n) is 11.1. The monoisotopic (exact) mass is 249 g/mol. The summed E-state index contributed by atoms with van der Waals surface area (Å²) in [6, 6.07) is 6.71. The molecule has 0 spiro atoms. The van der Waals surface area contributed by atoms with Gasteiger partial charge in [0.1, 0.15) is 0 Å². The van der Waals surface area contributed by atoms with Gasteiger partial charge < -0.3 is 10.1 Å². The summed E-state index contributed by atoms with van der Waals surface area (Å²) in [4.78, 5) is 6.64. The summed E-state index contributed by atoms with van der Waals surface area (Å²) in [5.74, 6) is 0. The molecule has 18 heavy (non-hydrogen) atoms. The van der Waals surface area contributed by atoms with Crippen LogP contribution in [0.1, 0.15) is 18.5 Å². The van der Waals surface area contributed by atoms with Crippen LogP contribution in [0.3, 0.4) is 0 Å². The van der Waals surface area contributed by atoms with Gasteiger partial charge >= 0.3 is 0 Å². The summed E-state index contributed by atoms with van der Waals surface area (Å²) >= 11 is 0. The van der Waals surface area contributed by atoms with E-state index in [0.29, 0.717) is 6.04 Å². The maximum atomic E-state index is 5.35. The molecule has 4 heteroatoms. The molecule has 0 saturated carbocycles. The minimum absolute atomic E-state index is 0.641. The maximum absolute atomic E-state index is 5.35. The molecule has 0 aliphatic carbocycles. The minimum Gasteiger partial charge on any atom is -0.381 e. The van der Waals surface area contributed by atoms with E-state index in [0.717, 1.165) is 51.4 Å². The lowest BCUT2D eigenvalue weighted by Gasteiger charge is -2.24. The van der Waals surface area contributed by atoms with Gasteiger partial charge in [0.05, 0.1) is 5.69 Å². The lowest BCUT2D eigenvalue weighted by molar-refractivity contribution is 0.0774. The van der Waals surface area contributed by atoms with E-state index < -0.39 is 0 Å². The molecule has 1 aromatic heterocycles. The summed E-state index contributed by atoms with van der Waals surface area (Å²) in [5, 5.41) is 3.60. The quantitative estimate of drug-likeness (QED) is 0.824. The van der Waals surface area contributed by atoms with E-state index in [1.54, 1.807) is 0 Å². The number of hydrogen-bond donors (Lipinski definition) is 1. The fourth-order valence-electron chi connectivity index (χ4n) is 2.21. The van der Waals surface area contributed by atoms with Crippen molar-refractivity contribution < 1.29 is 4.74 Å². The highest BCUT2D eigenvalue weighted by atomic mass is 16.5. The van der Waals surface area contributed by atoms with Crippen LogP contribution in [-0.4, -0.2) is 49.3 Å². The van der Waals surface area contributed by atoms with Gasteiger partial charge in [-0.1, -0.05) is 6.07 Å². The van der Waals surface area contributed by atoms with Gasteiger partial charge in [0.15, 0.2) is 0 Å². The summed E-state index contributed by atoms with van der Waals surface area (Å²) in [6.45, 7) is 4.81. The van der Waals surface area contributed by atoms with Gasteiger partial charge in [-0.25, -0.2) is 0 Å². The van der Waals surface area contributed by atoms with Crippen LogP contribution in [0.25, 0.3) is 0 Å². The normalized spacial score (nSPS) is 17.2. The second-order valence-corrected chi connectivity index (χ2v) is 4.90. The Hall–Kier alpha value is -0.970. The van der Waals surface area contributed by atoms with E-state index in [1.165, 1.54) is 0 Å². The predicted octanol–water partition coefficient (Wildman–Crippen LogP) is 1.28. The van der Waals surface area contributed by atoms with E-state index in [2.05, 4.69) is 28.3 Å². The van der Waals surface area contributed by atoms with Crippen molar-refractivity contribution in [3.05, 3.63) is 30.1 Å². The van der Waals surface area contributed by atoms with Crippen molar-refractivity contribution in [2.24, 2.45) is 0 Å². The van der Waals surface area contributed by atoms with Crippen LogP contribution < -0.4 is 5.32 Å². The molecule has 1 saturated heterocycles. The number of pyridine rings is 1. The van der Waals surface area contributed by atoms with Crippen molar-refractivity contribution in [1.82, 2.24) is 15.2 Å². The second-order valence-electron chi connectivity index (χ2n) is 4.90. The summed E-state index contributed by atoms with van der Waals surface area (Å²) in [7, 11) is 2.14. The highest BCUT2D eigenvalue weighted by Gasteiger charge is 2.12. The Morgan fingerprint density at radius 1 is 1.39 bits per heavy atom. The largest absolute Gasteiger partial charge is 0.381 e. The maximum Gasteiger partial charge on any atom is 0.0543 e. The highest BCUT2D eigenvalue weighted by molar-refractivity contribution is 5.02. The average molecular weight is 249 g/mol. The molecule has 2 heterocycles. The first-order chi connectivity index (χ1) is 8.84. The predicted molar refractivity (Wildman–Crippen MR) is 72.4 cm³/mol. The fourth-order valence-corrected chi connectivity index (χ4v) is 2.21. The second kappa shape index (κ2) is 7.46. The first kappa shape index (κ1) is 13.5. The minimum atomic E-state index is 0.641. The van der Waals surface area contributed by atoms with Crippen LogP contribution in [0.5, 0.6) is 0 Å². The van der Waals surface area contributed by atoms with Gasteiger partial charge in [0.25, 0.3) is 0 Å². The number of rotatable bonds is 6. The number of aromatic nitrogens is 1. The van der Waals surface area contributed by atoms with Gasteiger partial charge in [0, 0.05) is 45.1 Å². The molecule has 1 aliphatic heterocycles. The smallest absolute Gasteiger partial charge is 0.0543 e. The first-order valence-electron chi connectivity index (χ1n) is 6.74. The third kappa shape index (κ3) is 4.72. The molecule has 1 aromatic rings. The highest BCUT2D eigenvalue weighted by Crippen LogP contribution is 2.05. The van der Waals surface area contributed by atoms with E-state index in [1.807, 2.05) is 18.3 Å². The van der Waals surface area contributed by atoms with Crippen LogP contribution in [0, 0.1) is 0 Å². The molecule has 0 radical (unpaired) electrons. The Kier molecular flexibility index (Phi) is 5.58. The first-order valence-corrected chi connectivity index (χ1v) is 6.74. The Balaban J connectivity index is 1.61. The molecule has 0 aromatic carbocycles. The molecule has 0 amide bonds. The van der Waals surface area contributed by atoms with E-state index in [-0.39, 0.29) is 0 Å². The fraction of sp³-hybridized carbons (Fsp3) is 0.643. The number of hydrogen-bond acceptors (Lipinski definition) is 4. The number of likely N-dealkylation sites (N-methyl/N-ethyl adjacent to an activating group) is 1. The number of nitrogens with one attached hydrogen (secondary N) is 1. The molecular formula is C14H23N3O. The average Bonchev–Trinajstić information content (AvgIpc) is 2.41. The Bertz CT molecular complexity index is 325. The van der Waals surface area contributed by atoms with Crippen LogP contribution in [-0.2, 0) is 11.3 Å². The third-order valence-electron chi connectivity index (χ3n) is 3.31. The van der Waals surface area contributed by atoms with Crippen molar-refractivity contribution in [3.63, 3.8) is 0 Å². The molecule has 1 aliphatic rings. The molecule has 0 unspecified atom stereocenters. The summed E-state index contributed by atoms with van der Waals surface area (Å²) < 4.78 is 5.35. The standard InChI is InChI=1S/C14H23N3O/c1-17(12-14-4-2-3-7-15-14)9-8-16-13-5-10-18-11-6-13/h2-4,7,13,16H,5-6,8-12H2,1H3. The van der Waals surface area contributed by atoms with Crippen LogP contribution in [0.2, 0.25) is 0 Å². The van der Waals surface area contributed by atoms with Crippen molar-refractivity contribution in [2.45, 2.75) is 25.4 Å².